The molecule has 0 aliphatic rings. The van der Waals surface area contributed by atoms with Crippen LogP contribution in [0.25, 0.3) is 5.41 Å². The Morgan fingerprint density at radius 3 is 1.94 bits per heavy atom. The molecule has 0 fully saturated rings. The smallest absolute Gasteiger partial charge is 0.0925 e. The highest BCUT2D eigenvalue weighted by molar-refractivity contribution is 7.73. The maximum absolute atomic E-state index is 7.43. The molecule has 0 N–H and O–H groups in total. The van der Waals surface area contributed by atoms with Crippen LogP contribution in [0.4, 0.5) is 0 Å². The van der Waals surface area contributed by atoms with Crippen molar-refractivity contribution >= 4 is 13.3 Å². The van der Waals surface area contributed by atoms with E-state index in [1.165, 1.54) is 56.9 Å². The summed E-state index contributed by atoms with van der Waals surface area (Å²) in [5, 5.41) is 14.9. The molecule has 0 saturated carbocycles. The molecule has 0 aliphatic heterocycles. The topological polar surface area (TPSA) is 58.5 Å². The third-order valence-corrected chi connectivity index (χ3v) is 3.94. The lowest BCUT2D eigenvalue weighted by Gasteiger charge is -2.10. The van der Waals surface area contributed by atoms with Gasteiger partial charge in [-0.05, 0) is 12.8 Å². The molecule has 0 saturated heterocycles. The van der Waals surface area contributed by atoms with Gasteiger partial charge in [0, 0.05) is 27.3 Å². The Bertz CT molecular complexity index is 244. The monoisotopic (exact) mass is 255 g/mol. The minimum Gasteiger partial charge on any atom is -0.422 e. The van der Waals surface area contributed by atoms with Gasteiger partial charge in [0.2, 0.25) is 0 Å². The van der Waals surface area contributed by atoms with Crippen molar-refractivity contribution in [3.63, 3.8) is 0 Å². The van der Waals surface area contributed by atoms with Crippen LogP contribution in [-0.2, 0) is 0 Å². The number of nitrogens with zero attached hydrogens (tertiary/aromatic N) is 3. The summed E-state index contributed by atoms with van der Waals surface area (Å²) in [6, 6.07) is 1.28. The van der Waals surface area contributed by atoms with Crippen molar-refractivity contribution in [2.24, 2.45) is 4.99 Å². The van der Waals surface area contributed by atoms with Gasteiger partial charge in [-0.15, -0.1) is 6.01 Å². The third-order valence-electron chi connectivity index (χ3n) is 2.28. The standard InChI is InChI=1S/C11H26P.C2N3/c1-5-6-7-8-9-10-11-12(2,3)4;3-1-5-2-4/h5-11H2,1-4H3;/q+1;-1. The molecular formula is C13H26N3P. The molecule has 0 unspecified atom stereocenters. The van der Waals surface area contributed by atoms with E-state index in [1.54, 1.807) is 0 Å². The lowest BCUT2D eigenvalue weighted by atomic mass is 10.1. The van der Waals surface area contributed by atoms with Crippen LogP contribution in [0.5, 0.6) is 0 Å². The Morgan fingerprint density at radius 1 is 1.06 bits per heavy atom. The molecule has 17 heavy (non-hydrogen) atoms. The molecule has 0 aromatic rings. The zero-order valence-corrected chi connectivity index (χ0v) is 12.6. The molecule has 0 atom stereocenters. The van der Waals surface area contributed by atoms with Crippen LogP contribution in [0.2, 0.25) is 0 Å². The number of hydrogen-bond donors (Lipinski definition) is 0. The van der Waals surface area contributed by atoms with Gasteiger partial charge in [-0.1, -0.05) is 32.6 Å². The van der Waals surface area contributed by atoms with Gasteiger partial charge >= 0.3 is 0 Å². The Morgan fingerprint density at radius 2 is 1.59 bits per heavy atom. The van der Waals surface area contributed by atoms with E-state index >= 15 is 0 Å². The van der Waals surface area contributed by atoms with Crippen LogP contribution in [0.15, 0.2) is 4.99 Å². The van der Waals surface area contributed by atoms with Crippen molar-refractivity contribution in [1.82, 2.24) is 0 Å². The SMILES string of the molecule is CCCCCCCC[P+](C)(C)C.N#CN=C=[N-]. The number of aliphatic imine (C=N–C) groups is 1. The molecule has 0 rings (SSSR count). The Kier molecular flexibility index (Phi) is 14.7. The first-order chi connectivity index (χ1) is 7.97. The van der Waals surface area contributed by atoms with Gasteiger partial charge in [0.1, 0.15) is 0 Å². The second-order valence-corrected chi connectivity index (χ2v) is 10.1. The fraction of sp³-hybridized carbons (Fsp3) is 0.846. The first-order valence-corrected chi connectivity index (χ1v) is 9.58. The zero-order chi connectivity index (χ0) is 13.6. The molecule has 0 aromatic heterocycles. The van der Waals surface area contributed by atoms with E-state index in [9.17, 15) is 0 Å². The third kappa shape index (κ3) is 25.5. The Balaban J connectivity index is 0. The summed E-state index contributed by atoms with van der Waals surface area (Å²) in [4.78, 5) is 2.58. The van der Waals surface area contributed by atoms with Crippen molar-refractivity contribution in [2.45, 2.75) is 45.4 Å². The highest BCUT2D eigenvalue weighted by Gasteiger charge is 2.15. The van der Waals surface area contributed by atoms with Gasteiger partial charge in [0.15, 0.2) is 0 Å². The van der Waals surface area contributed by atoms with E-state index < -0.39 is 7.26 Å². The van der Waals surface area contributed by atoms with Crippen LogP contribution in [0.3, 0.4) is 0 Å². The highest BCUT2D eigenvalue weighted by Crippen LogP contribution is 2.47. The number of rotatable bonds is 7. The van der Waals surface area contributed by atoms with Crippen LogP contribution >= 0.6 is 7.26 Å². The largest absolute Gasteiger partial charge is 0.422 e. The second-order valence-electron chi connectivity index (χ2n) is 5.09. The number of unbranched alkanes of at least 4 members (excludes halogenated alkanes) is 5. The van der Waals surface area contributed by atoms with Crippen molar-refractivity contribution in [1.29, 1.82) is 5.26 Å². The minimum atomic E-state index is -0.471. The van der Waals surface area contributed by atoms with Crippen LogP contribution in [0, 0.1) is 11.5 Å². The van der Waals surface area contributed by atoms with Gasteiger partial charge in [0.05, 0.1) is 12.4 Å². The molecular weight excluding hydrogens is 229 g/mol. The predicted octanol–water partition coefficient (Wildman–Crippen LogP) is 4.46. The lowest BCUT2D eigenvalue weighted by molar-refractivity contribution is 0.626. The quantitative estimate of drug-likeness (QED) is 0.286. The van der Waals surface area contributed by atoms with Gasteiger partial charge in [-0.3, -0.25) is 0 Å². The highest BCUT2D eigenvalue weighted by atomic mass is 31.2. The maximum Gasteiger partial charge on any atom is 0.0925 e. The van der Waals surface area contributed by atoms with Crippen molar-refractivity contribution < 1.29 is 0 Å². The summed E-state index contributed by atoms with van der Waals surface area (Å²) < 4.78 is 0. The van der Waals surface area contributed by atoms with E-state index in [-0.39, 0.29) is 0 Å². The molecule has 0 bridgehead atoms. The van der Waals surface area contributed by atoms with Gasteiger partial charge < -0.3 is 10.4 Å². The van der Waals surface area contributed by atoms with Gasteiger partial charge in [0.25, 0.3) is 0 Å². The molecule has 98 valence electrons. The van der Waals surface area contributed by atoms with Crippen molar-refractivity contribution in [2.75, 3.05) is 26.2 Å². The van der Waals surface area contributed by atoms with Crippen LogP contribution < -0.4 is 0 Å². The molecule has 4 heteroatoms. The Hall–Kier alpha value is -0.700. The first kappa shape index (κ1) is 18.7. The predicted molar refractivity (Wildman–Crippen MR) is 79.3 cm³/mol. The average molecular weight is 255 g/mol. The summed E-state index contributed by atoms with van der Waals surface area (Å²) in [5.74, 6) is 0. The lowest BCUT2D eigenvalue weighted by Crippen LogP contribution is -1.92. The molecule has 0 aromatic carbocycles. The maximum atomic E-state index is 7.43. The van der Waals surface area contributed by atoms with Crippen molar-refractivity contribution in [3.8, 4) is 6.19 Å². The Labute approximate surface area is 107 Å². The molecule has 0 heterocycles. The fourth-order valence-electron chi connectivity index (χ4n) is 1.39. The number of nitriles is 1. The summed E-state index contributed by atoms with van der Waals surface area (Å²) >= 11 is 0. The van der Waals surface area contributed by atoms with E-state index in [2.05, 4.69) is 31.9 Å². The fourth-order valence-corrected chi connectivity index (χ4v) is 2.56. The van der Waals surface area contributed by atoms with Crippen molar-refractivity contribution in [3.05, 3.63) is 5.41 Å². The van der Waals surface area contributed by atoms with Crippen LogP contribution in [0.1, 0.15) is 45.4 Å². The summed E-state index contributed by atoms with van der Waals surface area (Å²) in [6.45, 7) is 9.61. The molecule has 0 aliphatic carbocycles. The van der Waals surface area contributed by atoms with E-state index in [1.807, 2.05) is 0 Å². The summed E-state index contributed by atoms with van der Waals surface area (Å²) in [6.07, 6.45) is 11.4. The molecule has 3 nitrogen and oxygen atoms in total. The molecule has 0 amide bonds. The van der Waals surface area contributed by atoms with Gasteiger partial charge in [-0.25, -0.2) is 0 Å². The van der Waals surface area contributed by atoms with Crippen LogP contribution in [-0.4, -0.2) is 32.2 Å². The van der Waals surface area contributed by atoms with E-state index in [0.717, 1.165) is 0 Å². The van der Waals surface area contributed by atoms with Gasteiger partial charge in [-0.2, -0.15) is 5.26 Å². The molecule has 0 spiro atoms. The van der Waals surface area contributed by atoms with E-state index in [0.29, 0.717) is 0 Å². The normalized spacial score (nSPS) is 9.59. The summed E-state index contributed by atoms with van der Waals surface area (Å²) in [7, 11) is -0.471. The molecule has 0 radical (unpaired) electrons. The average Bonchev–Trinajstić information content (AvgIpc) is 2.24. The first-order valence-electron chi connectivity index (χ1n) is 6.26. The second kappa shape index (κ2) is 13.4. The minimum absolute atomic E-state index is 0.471. The summed E-state index contributed by atoms with van der Waals surface area (Å²) in [5.41, 5.74) is 0. The number of hydrogen-bond acceptors (Lipinski definition) is 2. The van der Waals surface area contributed by atoms with E-state index in [4.69, 9.17) is 10.7 Å². The zero-order valence-electron chi connectivity index (χ0n) is 11.7.